The Hall–Kier alpha value is -1.83. The van der Waals surface area contributed by atoms with Crippen LogP contribution in [0.4, 0.5) is 0 Å². The van der Waals surface area contributed by atoms with Crippen LogP contribution >= 0.6 is 0 Å². The van der Waals surface area contributed by atoms with Crippen LogP contribution in [0.15, 0.2) is 42.6 Å². The van der Waals surface area contributed by atoms with E-state index in [-0.39, 0.29) is 0 Å². The number of benzene rings is 1. The van der Waals surface area contributed by atoms with Crippen molar-refractivity contribution >= 4 is 0 Å². The summed E-state index contributed by atoms with van der Waals surface area (Å²) in [6.45, 7) is 5.32. The minimum atomic E-state index is 0.731. The maximum Gasteiger partial charge on any atom is 0.119 e. The minimum Gasteiger partial charge on any atom is -0.494 e. The van der Waals surface area contributed by atoms with Gasteiger partial charge in [0.1, 0.15) is 5.75 Å². The van der Waals surface area contributed by atoms with Crippen molar-refractivity contribution in [2.24, 2.45) is 5.92 Å². The second kappa shape index (κ2) is 10.5. The van der Waals surface area contributed by atoms with Crippen LogP contribution in [-0.2, 0) is 12.8 Å². The number of rotatable bonds is 9. The second-order valence-electron chi connectivity index (χ2n) is 8.05. The summed E-state index contributed by atoms with van der Waals surface area (Å²) in [5, 5.41) is 0. The molecule has 0 radical (unpaired) electrons. The smallest absolute Gasteiger partial charge is 0.119 e. The molecule has 0 spiro atoms. The van der Waals surface area contributed by atoms with E-state index in [1.54, 1.807) is 0 Å². The number of ether oxygens (including phenoxy) is 1. The fourth-order valence-corrected chi connectivity index (χ4v) is 4.09. The molecule has 0 saturated heterocycles. The molecule has 27 heavy (non-hydrogen) atoms. The van der Waals surface area contributed by atoms with E-state index in [4.69, 9.17) is 9.72 Å². The van der Waals surface area contributed by atoms with Crippen LogP contribution in [0.3, 0.4) is 0 Å². The average Bonchev–Trinajstić information content (AvgIpc) is 2.74. The first-order chi connectivity index (χ1) is 13.3. The van der Waals surface area contributed by atoms with Crippen LogP contribution in [0.5, 0.6) is 5.75 Å². The molecule has 0 atom stereocenters. The molecule has 1 heterocycles. The normalized spacial score (nSPS) is 19.8. The van der Waals surface area contributed by atoms with Gasteiger partial charge in [0.25, 0.3) is 0 Å². The van der Waals surface area contributed by atoms with E-state index >= 15 is 0 Å². The van der Waals surface area contributed by atoms with Gasteiger partial charge in [0.15, 0.2) is 0 Å². The average molecular weight is 366 g/mol. The summed E-state index contributed by atoms with van der Waals surface area (Å²) >= 11 is 0. The van der Waals surface area contributed by atoms with Crippen LogP contribution in [-0.4, -0.2) is 11.6 Å². The summed E-state index contributed by atoms with van der Waals surface area (Å²) in [6, 6.07) is 13.1. The van der Waals surface area contributed by atoms with Gasteiger partial charge in [-0.25, -0.2) is 0 Å². The monoisotopic (exact) mass is 365 g/mol. The van der Waals surface area contributed by atoms with Crippen molar-refractivity contribution in [3.8, 4) is 5.75 Å². The van der Waals surface area contributed by atoms with E-state index in [0.717, 1.165) is 43.5 Å². The molecule has 1 saturated carbocycles. The lowest BCUT2D eigenvalue weighted by molar-refractivity contribution is 0.309. The molecule has 1 aliphatic rings. The summed E-state index contributed by atoms with van der Waals surface area (Å²) < 4.78 is 5.74. The van der Waals surface area contributed by atoms with E-state index in [9.17, 15) is 0 Å². The van der Waals surface area contributed by atoms with E-state index in [2.05, 4.69) is 56.4 Å². The first kappa shape index (κ1) is 19.9. The van der Waals surface area contributed by atoms with Gasteiger partial charge < -0.3 is 4.74 Å². The van der Waals surface area contributed by atoms with Gasteiger partial charge in [0, 0.05) is 11.9 Å². The van der Waals surface area contributed by atoms with Crippen molar-refractivity contribution in [1.29, 1.82) is 0 Å². The molecule has 2 aromatic rings. The molecule has 1 aromatic carbocycles. The van der Waals surface area contributed by atoms with E-state index in [1.165, 1.54) is 55.3 Å². The van der Waals surface area contributed by atoms with Gasteiger partial charge in [0.05, 0.1) is 6.61 Å². The van der Waals surface area contributed by atoms with Crippen LogP contribution in [0.1, 0.15) is 81.5 Å². The number of hydrogen-bond donors (Lipinski definition) is 0. The van der Waals surface area contributed by atoms with Gasteiger partial charge >= 0.3 is 0 Å². The summed E-state index contributed by atoms with van der Waals surface area (Å²) in [7, 11) is 0. The fraction of sp³-hybridized carbons (Fsp3) is 0.560. The zero-order chi connectivity index (χ0) is 18.9. The summed E-state index contributed by atoms with van der Waals surface area (Å²) in [4.78, 5) is 4.75. The fourth-order valence-electron chi connectivity index (χ4n) is 4.09. The number of aromatic nitrogens is 1. The topological polar surface area (TPSA) is 22.1 Å². The predicted molar refractivity (Wildman–Crippen MR) is 113 cm³/mol. The van der Waals surface area contributed by atoms with Crippen LogP contribution < -0.4 is 4.74 Å². The highest BCUT2D eigenvalue weighted by Crippen LogP contribution is 2.36. The maximum atomic E-state index is 5.74. The molecule has 0 amide bonds. The third-order valence-electron chi connectivity index (χ3n) is 6.10. The Morgan fingerprint density at radius 3 is 2.33 bits per heavy atom. The zero-order valence-corrected chi connectivity index (χ0v) is 17.1. The molecule has 1 aromatic heterocycles. The van der Waals surface area contributed by atoms with E-state index in [0.29, 0.717) is 0 Å². The highest BCUT2D eigenvalue weighted by atomic mass is 16.5. The van der Waals surface area contributed by atoms with Crippen molar-refractivity contribution in [2.45, 2.75) is 77.6 Å². The number of aryl methyl sites for hydroxylation is 2. The van der Waals surface area contributed by atoms with Crippen molar-refractivity contribution in [3.05, 3.63) is 59.4 Å². The Bertz CT molecular complexity index is 654. The first-order valence-electron chi connectivity index (χ1n) is 10.9. The van der Waals surface area contributed by atoms with Crippen molar-refractivity contribution in [3.63, 3.8) is 0 Å². The lowest BCUT2D eigenvalue weighted by atomic mass is 9.78. The molecular formula is C25H35NO. The lowest BCUT2D eigenvalue weighted by Crippen LogP contribution is -2.12. The summed E-state index contributed by atoms with van der Waals surface area (Å²) in [5.74, 6) is 2.67. The second-order valence-corrected chi connectivity index (χ2v) is 8.05. The number of nitrogens with zero attached hydrogens (tertiary/aromatic N) is 1. The molecule has 2 nitrogen and oxygen atoms in total. The zero-order valence-electron chi connectivity index (χ0n) is 17.1. The van der Waals surface area contributed by atoms with Crippen molar-refractivity contribution in [1.82, 2.24) is 4.98 Å². The molecule has 3 rings (SSSR count). The highest BCUT2D eigenvalue weighted by Gasteiger charge is 2.21. The van der Waals surface area contributed by atoms with E-state index < -0.39 is 0 Å². The van der Waals surface area contributed by atoms with Gasteiger partial charge in [0.2, 0.25) is 0 Å². The predicted octanol–water partition coefficient (Wildman–Crippen LogP) is 6.73. The Labute approximate surface area is 165 Å². The molecule has 1 aliphatic carbocycles. The molecule has 146 valence electrons. The van der Waals surface area contributed by atoms with Crippen LogP contribution in [0.2, 0.25) is 0 Å². The number of pyridine rings is 1. The van der Waals surface area contributed by atoms with Gasteiger partial charge in [-0.1, -0.05) is 44.9 Å². The lowest BCUT2D eigenvalue weighted by Gasteiger charge is -2.27. The Balaban J connectivity index is 1.46. The largest absolute Gasteiger partial charge is 0.494 e. The van der Waals surface area contributed by atoms with Crippen molar-refractivity contribution in [2.75, 3.05) is 6.61 Å². The maximum absolute atomic E-state index is 5.74. The summed E-state index contributed by atoms with van der Waals surface area (Å²) in [5.41, 5.74) is 3.99. The Morgan fingerprint density at radius 1 is 0.926 bits per heavy atom. The molecular weight excluding hydrogens is 330 g/mol. The quantitative estimate of drug-likeness (QED) is 0.460. The van der Waals surface area contributed by atoms with Crippen molar-refractivity contribution < 1.29 is 4.74 Å². The van der Waals surface area contributed by atoms with Gasteiger partial charge in [-0.3, -0.25) is 4.98 Å². The molecule has 2 heteroatoms. The third-order valence-corrected chi connectivity index (χ3v) is 6.10. The summed E-state index contributed by atoms with van der Waals surface area (Å²) in [6.07, 6.45) is 13.3. The van der Waals surface area contributed by atoms with E-state index in [1.807, 2.05) is 0 Å². The standard InChI is InChI=1S/C25H35NO/c1-3-5-18-27-25-16-9-21(10-17-25)8-14-24-15-13-23(19-26-24)22-11-6-20(4-2)7-12-22/h9-10,13,15-17,19-20,22H,3-8,11-12,14,18H2,1-2H3. The Kier molecular flexibility index (Phi) is 7.74. The number of unbranched alkanes of at least 4 members (excludes halogenated alkanes) is 1. The highest BCUT2D eigenvalue weighted by molar-refractivity contribution is 5.28. The SMILES string of the molecule is CCCCOc1ccc(CCc2ccc(C3CCC(CC)CC3)cn2)cc1. The van der Waals surface area contributed by atoms with Gasteiger partial charge in [-0.2, -0.15) is 0 Å². The van der Waals surface area contributed by atoms with Crippen LogP contribution in [0, 0.1) is 5.92 Å². The molecule has 0 bridgehead atoms. The minimum absolute atomic E-state index is 0.731. The van der Waals surface area contributed by atoms with Crippen LogP contribution in [0.25, 0.3) is 0 Å². The number of hydrogen-bond acceptors (Lipinski definition) is 2. The first-order valence-corrected chi connectivity index (χ1v) is 10.9. The van der Waals surface area contributed by atoms with Gasteiger partial charge in [-0.15, -0.1) is 0 Å². The third kappa shape index (κ3) is 6.09. The Morgan fingerprint density at radius 2 is 1.70 bits per heavy atom. The molecule has 0 unspecified atom stereocenters. The molecule has 0 N–H and O–H groups in total. The van der Waals surface area contributed by atoms with Gasteiger partial charge in [-0.05, 0) is 86.1 Å². The molecule has 0 aliphatic heterocycles. The molecule has 1 fully saturated rings.